The summed E-state index contributed by atoms with van der Waals surface area (Å²) in [6, 6.07) is 3.03. The second kappa shape index (κ2) is 7.11. The van der Waals surface area contributed by atoms with Gasteiger partial charge < -0.3 is 15.7 Å². The molecule has 0 bridgehead atoms. The van der Waals surface area contributed by atoms with Crippen molar-refractivity contribution in [3.05, 3.63) is 28.8 Å². The number of urea groups is 1. The fourth-order valence-corrected chi connectivity index (χ4v) is 1.95. The van der Waals surface area contributed by atoms with Crippen molar-refractivity contribution in [1.82, 2.24) is 5.32 Å². The maximum atomic E-state index is 11.9. The van der Waals surface area contributed by atoms with E-state index >= 15 is 0 Å². The van der Waals surface area contributed by atoms with Gasteiger partial charge in [0, 0.05) is 6.54 Å². The van der Waals surface area contributed by atoms with E-state index in [0.717, 1.165) is 11.1 Å². The fraction of sp³-hybridized carbons (Fsp3) is 0.500. The van der Waals surface area contributed by atoms with Crippen LogP contribution in [0.15, 0.2) is 12.1 Å². The zero-order valence-electron chi connectivity index (χ0n) is 13.3. The minimum atomic E-state index is -1.05. The molecule has 0 aliphatic carbocycles. The van der Waals surface area contributed by atoms with Gasteiger partial charge in [-0.2, -0.15) is 0 Å². The van der Waals surface area contributed by atoms with Crippen molar-refractivity contribution >= 4 is 17.7 Å². The predicted octanol–water partition coefficient (Wildman–Crippen LogP) is 3.42. The average molecular weight is 292 g/mol. The number of hydrogen-bond acceptors (Lipinski definition) is 2. The summed E-state index contributed by atoms with van der Waals surface area (Å²) in [5.41, 5.74) is 2.05. The highest BCUT2D eigenvalue weighted by Gasteiger charge is 2.16. The lowest BCUT2D eigenvalue weighted by atomic mass is 9.98. The molecule has 5 heteroatoms. The van der Waals surface area contributed by atoms with Gasteiger partial charge in [-0.25, -0.2) is 9.59 Å². The highest BCUT2D eigenvalue weighted by molar-refractivity contribution is 6.01. The van der Waals surface area contributed by atoms with Crippen LogP contribution in [0, 0.1) is 25.7 Å². The molecule has 1 aromatic carbocycles. The molecule has 21 heavy (non-hydrogen) atoms. The van der Waals surface area contributed by atoms with Gasteiger partial charge in [-0.1, -0.05) is 26.8 Å². The van der Waals surface area contributed by atoms with Gasteiger partial charge in [0.2, 0.25) is 0 Å². The van der Waals surface area contributed by atoms with E-state index in [4.69, 9.17) is 0 Å². The summed E-state index contributed by atoms with van der Waals surface area (Å²) in [6.45, 7) is 10.4. The first-order valence-corrected chi connectivity index (χ1v) is 7.11. The lowest BCUT2D eigenvalue weighted by Gasteiger charge is -2.17. The number of nitrogens with one attached hydrogen (secondary N) is 2. The second-order valence-corrected chi connectivity index (χ2v) is 5.87. The van der Waals surface area contributed by atoms with Crippen LogP contribution in [0.25, 0.3) is 0 Å². The van der Waals surface area contributed by atoms with Gasteiger partial charge in [0.05, 0.1) is 11.3 Å². The van der Waals surface area contributed by atoms with E-state index in [9.17, 15) is 14.7 Å². The summed E-state index contributed by atoms with van der Waals surface area (Å²) < 4.78 is 0. The molecule has 116 valence electrons. The third-order valence-corrected chi connectivity index (χ3v) is 3.67. The Kier molecular flexibility index (Phi) is 5.76. The van der Waals surface area contributed by atoms with E-state index in [-0.39, 0.29) is 11.6 Å². The summed E-state index contributed by atoms with van der Waals surface area (Å²) in [6.07, 6.45) is 0. The number of carboxylic acid groups (broad SMARTS) is 1. The third kappa shape index (κ3) is 4.77. The Bertz CT molecular complexity index is 539. The zero-order chi connectivity index (χ0) is 16.2. The van der Waals surface area contributed by atoms with Crippen molar-refractivity contribution in [2.24, 2.45) is 11.8 Å². The van der Waals surface area contributed by atoms with Gasteiger partial charge in [-0.05, 0) is 42.9 Å². The summed E-state index contributed by atoms with van der Waals surface area (Å²) in [7, 11) is 0. The summed E-state index contributed by atoms with van der Waals surface area (Å²) in [4.78, 5) is 23.2. The quantitative estimate of drug-likeness (QED) is 0.778. The number of carbonyl (C=O) groups excluding carboxylic acids is 1. The molecular weight excluding hydrogens is 268 g/mol. The first kappa shape index (κ1) is 17.0. The number of aromatic carboxylic acids is 1. The number of anilines is 1. The highest BCUT2D eigenvalue weighted by Crippen LogP contribution is 2.22. The fourth-order valence-electron chi connectivity index (χ4n) is 1.95. The second-order valence-electron chi connectivity index (χ2n) is 5.87. The number of amides is 2. The van der Waals surface area contributed by atoms with Crippen molar-refractivity contribution in [1.29, 1.82) is 0 Å². The average Bonchev–Trinajstić information content (AvgIpc) is 2.38. The van der Waals surface area contributed by atoms with Gasteiger partial charge in [0.15, 0.2) is 0 Å². The maximum absolute atomic E-state index is 11.9. The first-order chi connectivity index (χ1) is 9.72. The maximum Gasteiger partial charge on any atom is 0.337 e. The minimum Gasteiger partial charge on any atom is -0.478 e. The van der Waals surface area contributed by atoms with E-state index in [2.05, 4.69) is 31.4 Å². The van der Waals surface area contributed by atoms with Crippen LogP contribution in [0.3, 0.4) is 0 Å². The Labute approximate surface area is 125 Å². The summed E-state index contributed by atoms with van der Waals surface area (Å²) in [5, 5.41) is 14.7. The summed E-state index contributed by atoms with van der Waals surface area (Å²) in [5.74, 6) is -0.220. The zero-order valence-corrected chi connectivity index (χ0v) is 13.3. The van der Waals surface area contributed by atoms with E-state index < -0.39 is 5.97 Å². The Morgan fingerprint density at radius 1 is 1.19 bits per heavy atom. The molecule has 3 N–H and O–H groups in total. The number of carboxylic acids is 1. The Balaban J connectivity index is 2.83. The normalized spacial score (nSPS) is 12.1. The van der Waals surface area contributed by atoms with Crippen LogP contribution in [-0.2, 0) is 0 Å². The molecule has 1 rings (SSSR count). The molecule has 0 saturated carbocycles. The molecule has 1 aromatic rings. The molecule has 0 aliphatic rings. The van der Waals surface area contributed by atoms with Crippen LogP contribution in [0.2, 0.25) is 0 Å². The predicted molar refractivity (Wildman–Crippen MR) is 83.9 cm³/mol. The molecule has 0 spiro atoms. The van der Waals surface area contributed by atoms with Crippen molar-refractivity contribution in [2.75, 3.05) is 11.9 Å². The van der Waals surface area contributed by atoms with Crippen molar-refractivity contribution in [2.45, 2.75) is 34.6 Å². The molecule has 0 heterocycles. The molecule has 0 fully saturated rings. The van der Waals surface area contributed by atoms with Crippen LogP contribution >= 0.6 is 0 Å². The first-order valence-electron chi connectivity index (χ1n) is 7.11. The molecule has 2 amide bonds. The number of hydrogen-bond donors (Lipinski definition) is 3. The smallest absolute Gasteiger partial charge is 0.337 e. The van der Waals surface area contributed by atoms with E-state index in [1.165, 1.54) is 0 Å². The molecule has 0 radical (unpaired) electrons. The molecule has 5 nitrogen and oxygen atoms in total. The van der Waals surface area contributed by atoms with Crippen molar-refractivity contribution < 1.29 is 14.7 Å². The van der Waals surface area contributed by atoms with Gasteiger partial charge in [0.25, 0.3) is 0 Å². The highest BCUT2D eigenvalue weighted by atomic mass is 16.4. The van der Waals surface area contributed by atoms with Gasteiger partial charge >= 0.3 is 12.0 Å². The molecule has 0 saturated heterocycles. The molecule has 1 atom stereocenters. The standard InChI is InChI=1S/C16H24N2O3/c1-9(2)12(5)8-17-16(21)18-14-11(4)6-10(3)7-13(14)15(19)20/h6-7,9,12H,8H2,1-5H3,(H,19,20)(H2,17,18,21). The largest absolute Gasteiger partial charge is 0.478 e. The number of aryl methyl sites for hydroxylation is 2. The molecular formula is C16H24N2O3. The van der Waals surface area contributed by atoms with E-state index in [0.29, 0.717) is 24.1 Å². The lowest BCUT2D eigenvalue weighted by Crippen LogP contribution is -2.34. The van der Waals surface area contributed by atoms with Crippen molar-refractivity contribution in [3.8, 4) is 0 Å². The Morgan fingerprint density at radius 3 is 2.33 bits per heavy atom. The number of benzene rings is 1. The lowest BCUT2D eigenvalue weighted by molar-refractivity contribution is 0.0698. The van der Waals surface area contributed by atoms with Gasteiger partial charge in [-0.15, -0.1) is 0 Å². The third-order valence-electron chi connectivity index (χ3n) is 3.67. The van der Waals surface area contributed by atoms with Gasteiger partial charge in [0.1, 0.15) is 0 Å². The van der Waals surface area contributed by atoms with Gasteiger partial charge in [-0.3, -0.25) is 0 Å². The molecule has 0 aliphatic heterocycles. The Hall–Kier alpha value is -2.04. The van der Waals surface area contributed by atoms with Crippen LogP contribution in [0.5, 0.6) is 0 Å². The van der Waals surface area contributed by atoms with Crippen LogP contribution in [-0.4, -0.2) is 23.7 Å². The van der Waals surface area contributed by atoms with Crippen LogP contribution in [0.4, 0.5) is 10.5 Å². The Morgan fingerprint density at radius 2 is 1.81 bits per heavy atom. The van der Waals surface area contributed by atoms with Crippen LogP contribution < -0.4 is 10.6 Å². The monoisotopic (exact) mass is 292 g/mol. The van der Waals surface area contributed by atoms with E-state index in [1.807, 2.05) is 13.0 Å². The summed E-state index contributed by atoms with van der Waals surface area (Å²) >= 11 is 0. The minimum absolute atomic E-state index is 0.111. The molecule has 0 aromatic heterocycles. The van der Waals surface area contributed by atoms with Crippen LogP contribution in [0.1, 0.15) is 42.3 Å². The molecule has 1 unspecified atom stereocenters. The number of rotatable bonds is 5. The van der Waals surface area contributed by atoms with Crippen molar-refractivity contribution in [3.63, 3.8) is 0 Å². The van der Waals surface area contributed by atoms with E-state index in [1.54, 1.807) is 13.0 Å². The number of carbonyl (C=O) groups is 2. The SMILES string of the molecule is Cc1cc(C)c(NC(=O)NCC(C)C(C)C)c(C(=O)O)c1. The topological polar surface area (TPSA) is 78.4 Å².